The van der Waals surface area contributed by atoms with E-state index in [2.05, 4.69) is 39.9 Å². The zero-order valence-corrected chi connectivity index (χ0v) is 14.6. The fourth-order valence-electron chi connectivity index (χ4n) is 2.42. The van der Waals surface area contributed by atoms with Gasteiger partial charge in [-0.15, -0.1) is 0 Å². The van der Waals surface area contributed by atoms with Gasteiger partial charge in [-0.1, -0.05) is 32.4 Å². The predicted molar refractivity (Wildman–Crippen MR) is 84.9 cm³/mol. The third kappa shape index (κ3) is 5.05. The lowest BCUT2D eigenvalue weighted by atomic mass is 9.86. The first kappa shape index (κ1) is 16.9. The van der Waals surface area contributed by atoms with E-state index in [4.69, 9.17) is 9.53 Å². The van der Waals surface area contributed by atoms with Crippen LogP contribution in [0.5, 0.6) is 0 Å². The Labute approximate surface area is 120 Å². The second-order valence-corrected chi connectivity index (χ2v) is 12.3. The molecule has 0 aromatic carbocycles. The molecule has 0 aliphatic heterocycles. The average Bonchev–Trinajstić information content (AvgIpc) is 2.29. The predicted octanol–water partition coefficient (Wildman–Crippen LogP) is 4.51. The summed E-state index contributed by atoms with van der Waals surface area (Å²) >= 11 is 0. The molecule has 0 atom stereocenters. The molecule has 0 heterocycles. The van der Waals surface area contributed by atoms with Gasteiger partial charge in [-0.2, -0.15) is 0 Å². The van der Waals surface area contributed by atoms with E-state index in [1.54, 1.807) is 0 Å². The van der Waals surface area contributed by atoms with E-state index >= 15 is 0 Å². The summed E-state index contributed by atoms with van der Waals surface area (Å²) in [6.07, 6.45) is 7.47. The summed E-state index contributed by atoms with van der Waals surface area (Å²) in [7, 11) is -1.61. The van der Waals surface area contributed by atoms with Crippen LogP contribution in [-0.2, 0) is 4.43 Å². The first-order chi connectivity index (χ1) is 8.65. The Bertz CT molecular complexity index is 307. The van der Waals surface area contributed by atoms with Gasteiger partial charge >= 0.3 is 0 Å². The minimum absolute atomic E-state index is 0.195. The average molecular weight is 285 g/mol. The van der Waals surface area contributed by atoms with Crippen molar-refractivity contribution in [3.63, 3.8) is 0 Å². The highest BCUT2D eigenvalue weighted by molar-refractivity contribution is 6.74. The Hall–Kier alpha value is -0.123. The topological polar surface area (TPSA) is 29.5 Å². The van der Waals surface area contributed by atoms with Crippen LogP contribution < -0.4 is 0 Å². The van der Waals surface area contributed by atoms with Crippen molar-refractivity contribution in [1.29, 1.82) is 0 Å². The van der Waals surface area contributed by atoms with Crippen LogP contribution in [0.2, 0.25) is 18.1 Å². The van der Waals surface area contributed by atoms with Crippen LogP contribution in [0.15, 0.2) is 11.6 Å². The Morgan fingerprint density at radius 3 is 2.16 bits per heavy atom. The summed E-state index contributed by atoms with van der Waals surface area (Å²) in [6.45, 7) is 13.8. The van der Waals surface area contributed by atoms with E-state index in [1.165, 1.54) is 25.7 Å². The SMILES string of the molecule is C/C(=C\C1CCC(O[Si](C)(C)C(C)(C)C)CC1)CO. The van der Waals surface area contributed by atoms with E-state index in [0.29, 0.717) is 17.1 Å². The molecule has 0 bridgehead atoms. The quantitative estimate of drug-likeness (QED) is 0.608. The van der Waals surface area contributed by atoms with Gasteiger partial charge in [-0.25, -0.2) is 0 Å². The minimum Gasteiger partial charge on any atom is -0.414 e. The van der Waals surface area contributed by atoms with Crippen molar-refractivity contribution in [2.75, 3.05) is 6.61 Å². The molecule has 0 unspecified atom stereocenters. The highest BCUT2D eigenvalue weighted by atomic mass is 28.4. The summed E-state index contributed by atoms with van der Waals surface area (Å²) in [4.78, 5) is 0. The molecule has 0 radical (unpaired) electrons. The Balaban J connectivity index is 2.47. The van der Waals surface area contributed by atoms with Gasteiger partial charge in [-0.3, -0.25) is 0 Å². The molecule has 0 spiro atoms. The third-order valence-electron chi connectivity index (χ3n) is 4.76. The summed E-state index contributed by atoms with van der Waals surface area (Å²) < 4.78 is 6.49. The molecule has 0 aromatic rings. The van der Waals surface area contributed by atoms with Crippen LogP contribution in [0.1, 0.15) is 53.4 Å². The number of hydrogen-bond acceptors (Lipinski definition) is 2. The van der Waals surface area contributed by atoms with Gasteiger partial charge in [0.2, 0.25) is 0 Å². The molecule has 1 rings (SSSR count). The Morgan fingerprint density at radius 2 is 1.74 bits per heavy atom. The van der Waals surface area contributed by atoms with Crippen LogP contribution in [0.3, 0.4) is 0 Å². The fraction of sp³-hybridized carbons (Fsp3) is 0.875. The zero-order valence-electron chi connectivity index (χ0n) is 13.6. The van der Waals surface area contributed by atoms with Crippen LogP contribution in [0, 0.1) is 5.92 Å². The third-order valence-corrected chi connectivity index (χ3v) is 9.29. The van der Waals surface area contributed by atoms with Crippen molar-refractivity contribution in [3.05, 3.63) is 11.6 Å². The maximum absolute atomic E-state index is 9.07. The van der Waals surface area contributed by atoms with Crippen molar-refractivity contribution in [3.8, 4) is 0 Å². The van der Waals surface area contributed by atoms with E-state index in [0.717, 1.165) is 5.57 Å². The number of hydrogen-bond donors (Lipinski definition) is 1. The van der Waals surface area contributed by atoms with Gasteiger partial charge in [0, 0.05) is 6.10 Å². The minimum atomic E-state index is -1.61. The summed E-state index contributed by atoms with van der Waals surface area (Å²) in [6, 6.07) is 0. The molecule has 1 aliphatic rings. The van der Waals surface area contributed by atoms with Crippen molar-refractivity contribution < 1.29 is 9.53 Å². The standard InChI is InChI=1S/C16H32O2Si/c1-13(12-17)11-14-7-9-15(10-8-14)18-19(5,6)16(2,3)4/h11,14-15,17H,7-10,12H2,1-6H3/b13-11+. The molecule has 0 aromatic heterocycles. The maximum atomic E-state index is 9.07. The lowest BCUT2D eigenvalue weighted by molar-refractivity contribution is 0.125. The maximum Gasteiger partial charge on any atom is 0.192 e. The highest BCUT2D eigenvalue weighted by Crippen LogP contribution is 2.39. The van der Waals surface area contributed by atoms with E-state index in [1.807, 2.05) is 6.92 Å². The van der Waals surface area contributed by atoms with Gasteiger partial charge in [0.25, 0.3) is 0 Å². The summed E-state index contributed by atoms with van der Waals surface area (Å²) in [5.74, 6) is 0.645. The van der Waals surface area contributed by atoms with Crippen LogP contribution >= 0.6 is 0 Å². The highest BCUT2D eigenvalue weighted by Gasteiger charge is 2.39. The van der Waals surface area contributed by atoms with Gasteiger partial charge in [0.1, 0.15) is 0 Å². The number of aliphatic hydroxyl groups is 1. The molecular formula is C16H32O2Si. The summed E-state index contributed by atoms with van der Waals surface area (Å²) in [5, 5.41) is 9.38. The molecule has 0 amide bonds. The van der Waals surface area contributed by atoms with Crippen LogP contribution in [0.4, 0.5) is 0 Å². The first-order valence-corrected chi connectivity index (χ1v) is 10.5. The smallest absolute Gasteiger partial charge is 0.192 e. The molecule has 1 saturated carbocycles. The molecule has 1 aliphatic carbocycles. The molecule has 19 heavy (non-hydrogen) atoms. The molecule has 2 nitrogen and oxygen atoms in total. The molecular weight excluding hydrogens is 252 g/mol. The molecule has 112 valence electrons. The second kappa shape index (κ2) is 6.55. The van der Waals surface area contributed by atoms with Crippen LogP contribution in [0.25, 0.3) is 0 Å². The van der Waals surface area contributed by atoms with E-state index in [9.17, 15) is 0 Å². The van der Waals surface area contributed by atoms with Crippen molar-refractivity contribution in [2.24, 2.45) is 5.92 Å². The molecule has 3 heteroatoms. The number of rotatable bonds is 4. The van der Waals surface area contributed by atoms with Crippen molar-refractivity contribution >= 4 is 8.32 Å². The van der Waals surface area contributed by atoms with Crippen LogP contribution in [-0.4, -0.2) is 26.1 Å². The Kier molecular flexibility index (Phi) is 5.84. The van der Waals surface area contributed by atoms with E-state index in [-0.39, 0.29) is 6.61 Å². The number of aliphatic hydroxyl groups excluding tert-OH is 1. The van der Waals surface area contributed by atoms with Gasteiger partial charge in [0.05, 0.1) is 6.61 Å². The van der Waals surface area contributed by atoms with Gasteiger partial charge in [0.15, 0.2) is 8.32 Å². The van der Waals surface area contributed by atoms with Gasteiger partial charge in [-0.05, 0) is 56.7 Å². The molecule has 0 saturated heterocycles. The summed E-state index contributed by atoms with van der Waals surface area (Å²) in [5.41, 5.74) is 1.11. The molecule has 1 fully saturated rings. The normalized spacial score (nSPS) is 26.6. The first-order valence-electron chi connectivity index (χ1n) is 7.61. The fourth-order valence-corrected chi connectivity index (χ4v) is 3.84. The largest absolute Gasteiger partial charge is 0.414 e. The van der Waals surface area contributed by atoms with E-state index < -0.39 is 8.32 Å². The molecule has 1 N–H and O–H groups in total. The van der Waals surface area contributed by atoms with Crippen molar-refractivity contribution in [1.82, 2.24) is 0 Å². The zero-order chi connectivity index (χ0) is 14.7. The lowest BCUT2D eigenvalue weighted by Gasteiger charge is -2.41. The monoisotopic (exact) mass is 284 g/mol. The second-order valence-electron chi connectivity index (χ2n) is 7.59. The number of allylic oxidation sites excluding steroid dienone is 1. The van der Waals surface area contributed by atoms with Crippen molar-refractivity contribution in [2.45, 2.75) is 77.6 Å². The van der Waals surface area contributed by atoms with Gasteiger partial charge < -0.3 is 9.53 Å². The Morgan fingerprint density at radius 1 is 1.21 bits per heavy atom. The lowest BCUT2D eigenvalue weighted by Crippen LogP contribution is -2.44.